The third kappa shape index (κ3) is 3.76. The molecule has 1 fully saturated rings. The van der Waals surface area contributed by atoms with E-state index in [1.165, 1.54) is 21.7 Å². The second kappa shape index (κ2) is 7.29. The van der Waals surface area contributed by atoms with Gasteiger partial charge in [-0.1, -0.05) is 30.3 Å². The number of hydrogen-bond donors (Lipinski definition) is 1. The van der Waals surface area contributed by atoms with E-state index in [0.717, 1.165) is 18.4 Å². The van der Waals surface area contributed by atoms with Crippen LogP contribution >= 0.6 is 0 Å². The van der Waals surface area contributed by atoms with Gasteiger partial charge in [-0.2, -0.15) is 5.10 Å². The second-order valence-corrected chi connectivity index (χ2v) is 6.05. The number of aliphatic carboxylic acids is 1. The Hall–Kier alpha value is -2.96. The van der Waals surface area contributed by atoms with Gasteiger partial charge in [0, 0.05) is 12.6 Å². The van der Waals surface area contributed by atoms with E-state index in [9.17, 15) is 19.5 Å². The molecule has 1 saturated heterocycles. The summed E-state index contributed by atoms with van der Waals surface area (Å²) in [7, 11) is 0. The van der Waals surface area contributed by atoms with E-state index in [2.05, 4.69) is 5.10 Å². The Morgan fingerprint density at radius 2 is 1.88 bits per heavy atom. The van der Waals surface area contributed by atoms with Crippen LogP contribution in [0.2, 0.25) is 0 Å². The number of carbonyl (C=O) groups excluding carboxylic acids is 1. The lowest BCUT2D eigenvalue weighted by atomic mass is 10.0. The molecule has 7 nitrogen and oxygen atoms in total. The summed E-state index contributed by atoms with van der Waals surface area (Å²) in [6.07, 6.45) is 1.98. The van der Waals surface area contributed by atoms with Crippen molar-refractivity contribution in [2.75, 3.05) is 6.54 Å². The summed E-state index contributed by atoms with van der Waals surface area (Å²) < 4.78 is 1.22. The summed E-state index contributed by atoms with van der Waals surface area (Å²) in [6, 6.07) is 11.2. The molecule has 1 aliphatic heterocycles. The third-order valence-electron chi connectivity index (χ3n) is 4.31. The number of hydrogen-bond acceptors (Lipinski definition) is 4. The molecule has 1 aromatic heterocycles. The zero-order valence-electron chi connectivity index (χ0n) is 13.7. The highest BCUT2D eigenvalue weighted by molar-refractivity contribution is 5.95. The molecule has 130 valence electrons. The van der Waals surface area contributed by atoms with Crippen molar-refractivity contribution in [2.24, 2.45) is 0 Å². The Morgan fingerprint density at radius 1 is 1.12 bits per heavy atom. The Morgan fingerprint density at radius 3 is 2.60 bits per heavy atom. The average molecular weight is 341 g/mol. The van der Waals surface area contributed by atoms with E-state index in [1.807, 2.05) is 30.3 Å². The Bertz CT molecular complexity index is 832. The van der Waals surface area contributed by atoms with Crippen molar-refractivity contribution in [1.29, 1.82) is 0 Å². The number of aromatic nitrogens is 2. The molecule has 0 spiro atoms. The molecule has 1 atom stereocenters. The van der Waals surface area contributed by atoms with Gasteiger partial charge in [0.15, 0.2) is 0 Å². The number of benzene rings is 1. The fraction of sp³-hybridized carbons (Fsp3) is 0.333. The van der Waals surface area contributed by atoms with Crippen LogP contribution in [-0.2, 0) is 11.3 Å². The molecule has 7 heteroatoms. The van der Waals surface area contributed by atoms with Gasteiger partial charge in [-0.15, -0.1) is 0 Å². The molecule has 3 rings (SSSR count). The van der Waals surface area contributed by atoms with Crippen molar-refractivity contribution in [3.05, 3.63) is 64.1 Å². The van der Waals surface area contributed by atoms with Crippen molar-refractivity contribution in [1.82, 2.24) is 14.7 Å². The van der Waals surface area contributed by atoms with E-state index in [4.69, 9.17) is 0 Å². The van der Waals surface area contributed by atoms with Crippen molar-refractivity contribution < 1.29 is 14.7 Å². The lowest BCUT2D eigenvalue weighted by Crippen LogP contribution is -2.48. The molecule has 0 aliphatic carbocycles. The Kier molecular flexibility index (Phi) is 4.92. The first kappa shape index (κ1) is 16.9. The van der Waals surface area contributed by atoms with Gasteiger partial charge in [0.1, 0.15) is 11.7 Å². The van der Waals surface area contributed by atoms with Gasteiger partial charge in [-0.25, -0.2) is 9.48 Å². The summed E-state index contributed by atoms with van der Waals surface area (Å²) >= 11 is 0. The minimum absolute atomic E-state index is 0.0867. The molecule has 0 bridgehead atoms. The molecule has 1 aromatic carbocycles. The van der Waals surface area contributed by atoms with Crippen molar-refractivity contribution in [2.45, 2.75) is 31.8 Å². The zero-order valence-corrected chi connectivity index (χ0v) is 13.7. The topological polar surface area (TPSA) is 92.5 Å². The smallest absolute Gasteiger partial charge is 0.326 e. The highest BCUT2D eigenvalue weighted by Gasteiger charge is 2.33. The number of likely N-dealkylation sites (tertiary alicyclic amines) is 1. The third-order valence-corrected chi connectivity index (χ3v) is 4.31. The van der Waals surface area contributed by atoms with E-state index < -0.39 is 17.9 Å². The number of piperidine rings is 1. The van der Waals surface area contributed by atoms with E-state index >= 15 is 0 Å². The van der Waals surface area contributed by atoms with Crippen LogP contribution in [0.1, 0.15) is 35.3 Å². The van der Waals surface area contributed by atoms with Gasteiger partial charge in [-0.05, 0) is 30.9 Å². The number of carbonyl (C=O) groups is 2. The van der Waals surface area contributed by atoms with Crippen LogP contribution in [0.3, 0.4) is 0 Å². The van der Waals surface area contributed by atoms with Gasteiger partial charge < -0.3 is 10.0 Å². The van der Waals surface area contributed by atoms with Gasteiger partial charge in [0.25, 0.3) is 11.5 Å². The Balaban J connectivity index is 1.87. The lowest BCUT2D eigenvalue weighted by molar-refractivity contribution is -0.143. The van der Waals surface area contributed by atoms with Gasteiger partial charge in [0.05, 0.1) is 6.54 Å². The fourth-order valence-corrected chi connectivity index (χ4v) is 3.01. The summed E-state index contributed by atoms with van der Waals surface area (Å²) in [5.41, 5.74) is 0.667. The summed E-state index contributed by atoms with van der Waals surface area (Å²) in [6.45, 7) is 0.637. The predicted octanol–water partition coefficient (Wildman–Crippen LogP) is 1.37. The van der Waals surface area contributed by atoms with Gasteiger partial charge >= 0.3 is 5.97 Å². The quantitative estimate of drug-likeness (QED) is 0.907. The maximum atomic E-state index is 12.7. The van der Waals surface area contributed by atoms with Crippen LogP contribution in [0.4, 0.5) is 0 Å². The van der Waals surface area contributed by atoms with E-state index in [1.54, 1.807) is 0 Å². The molecule has 0 radical (unpaired) electrons. The largest absolute Gasteiger partial charge is 0.480 e. The van der Waals surface area contributed by atoms with Crippen LogP contribution < -0.4 is 5.56 Å². The van der Waals surface area contributed by atoms with Crippen LogP contribution in [0.25, 0.3) is 0 Å². The molecule has 0 saturated carbocycles. The molecule has 1 amide bonds. The SMILES string of the molecule is O=C(O)[C@H]1CCCCN1C(=O)c1ccc(=O)n(Cc2ccccc2)n1. The van der Waals surface area contributed by atoms with E-state index in [-0.39, 0.29) is 17.8 Å². The Labute approximate surface area is 144 Å². The fourth-order valence-electron chi connectivity index (χ4n) is 3.01. The van der Waals surface area contributed by atoms with Crippen LogP contribution in [-0.4, -0.2) is 44.3 Å². The predicted molar refractivity (Wildman–Crippen MR) is 90.4 cm³/mol. The maximum absolute atomic E-state index is 12.7. The van der Waals surface area contributed by atoms with E-state index in [0.29, 0.717) is 13.0 Å². The first-order chi connectivity index (χ1) is 12.1. The normalized spacial score (nSPS) is 17.3. The van der Waals surface area contributed by atoms with Gasteiger partial charge in [0.2, 0.25) is 0 Å². The summed E-state index contributed by atoms with van der Waals surface area (Å²) in [5, 5.41) is 13.5. The molecule has 1 aliphatic rings. The highest BCUT2D eigenvalue weighted by atomic mass is 16.4. The average Bonchev–Trinajstić information content (AvgIpc) is 2.64. The number of carboxylic acid groups (broad SMARTS) is 1. The van der Waals surface area contributed by atoms with Crippen LogP contribution in [0, 0.1) is 0 Å². The molecule has 1 N–H and O–H groups in total. The number of amides is 1. The molecule has 25 heavy (non-hydrogen) atoms. The van der Waals surface area contributed by atoms with Gasteiger partial charge in [-0.3, -0.25) is 9.59 Å². The van der Waals surface area contributed by atoms with Crippen LogP contribution in [0.5, 0.6) is 0 Å². The zero-order chi connectivity index (χ0) is 17.8. The number of rotatable bonds is 4. The summed E-state index contributed by atoms with van der Waals surface area (Å²) in [4.78, 5) is 37.5. The maximum Gasteiger partial charge on any atom is 0.326 e. The van der Waals surface area contributed by atoms with Crippen molar-refractivity contribution in [3.8, 4) is 0 Å². The molecule has 2 heterocycles. The summed E-state index contributed by atoms with van der Waals surface area (Å²) in [5.74, 6) is -1.46. The van der Waals surface area contributed by atoms with Crippen molar-refractivity contribution >= 4 is 11.9 Å². The minimum atomic E-state index is -1.01. The molecule has 0 unspecified atom stereocenters. The highest BCUT2D eigenvalue weighted by Crippen LogP contribution is 2.19. The number of carboxylic acids is 1. The second-order valence-electron chi connectivity index (χ2n) is 6.05. The minimum Gasteiger partial charge on any atom is -0.480 e. The van der Waals surface area contributed by atoms with Crippen LogP contribution in [0.15, 0.2) is 47.3 Å². The molecule has 2 aromatic rings. The number of nitrogens with zero attached hydrogens (tertiary/aromatic N) is 3. The molecular weight excluding hydrogens is 322 g/mol. The first-order valence-electron chi connectivity index (χ1n) is 8.22. The lowest BCUT2D eigenvalue weighted by Gasteiger charge is -2.32. The standard InChI is InChI=1S/C18H19N3O4/c22-16-10-9-14(19-21(16)12-13-6-2-1-3-7-13)17(23)20-11-5-4-8-15(20)18(24)25/h1-3,6-7,9-10,15H,4-5,8,11-12H2,(H,24,25)/t15-/m1/s1. The van der Waals surface area contributed by atoms with Crippen molar-refractivity contribution in [3.63, 3.8) is 0 Å². The first-order valence-corrected chi connectivity index (χ1v) is 8.22. The monoisotopic (exact) mass is 341 g/mol. The molecular formula is C18H19N3O4.